The minimum absolute atomic E-state index is 0.162. The second-order valence-electron chi connectivity index (χ2n) is 7.97. The molecule has 0 aliphatic rings. The predicted molar refractivity (Wildman–Crippen MR) is 132 cm³/mol. The molecule has 0 unspecified atom stereocenters. The summed E-state index contributed by atoms with van der Waals surface area (Å²) in [7, 11) is 0. The van der Waals surface area contributed by atoms with Gasteiger partial charge < -0.3 is 5.32 Å². The van der Waals surface area contributed by atoms with Crippen LogP contribution in [0.1, 0.15) is 16.7 Å². The first-order valence-electron chi connectivity index (χ1n) is 10.4. The molecule has 0 bridgehead atoms. The van der Waals surface area contributed by atoms with Gasteiger partial charge in [0.1, 0.15) is 5.52 Å². The number of carbonyl (C=O) groups is 1. The molecule has 3 aromatic heterocycles. The quantitative estimate of drug-likeness (QED) is 0.346. The van der Waals surface area contributed by atoms with Gasteiger partial charge >= 0.3 is 0 Å². The molecule has 0 aliphatic heterocycles. The summed E-state index contributed by atoms with van der Waals surface area (Å²) in [6.07, 6.45) is 3.73. The van der Waals surface area contributed by atoms with Crippen molar-refractivity contribution in [2.45, 2.75) is 25.9 Å². The number of carbonyl (C=O) groups excluding carboxylic acids is 1. The van der Waals surface area contributed by atoms with E-state index in [1.807, 2.05) is 46.4 Å². The highest BCUT2D eigenvalue weighted by atomic mass is 35.5. The molecule has 1 amide bonds. The smallest absolute Gasteiger partial charge is 0.234 e. The Kier molecular flexibility index (Phi) is 5.55. The predicted octanol–water partition coefficient (Wildman–Crippen LogP) is 5.35. The van der Waals surface area contributed by atoms with E-state index in [1.165, 1.54) is 17.3 Å². The van der Waals surface area contributed by atoms with Crippen LogP contribution in [-0.2, 0) is 4.79 Å². The zero-order chi connectivity index (χ0) is 23.1. The number of amides is 1. The van der Waals surface area contributed by atoms with Crippen LogP contribution in [0.25, 0.3) is 22.4 Å². The van der Waals surface area contributed by atoms with Crippen molar-refractivity contribution in [3.63, 3.8) is 0 Å². The average Bonchev–Trinajstić information content (AvgIpc) is 3.39. The number of aromatic nitrogens is 5. The number of rotatable bonds is 5. The molecule has 5 aromatic rings. The molecule has 0 atom stereocenters. The molecule has 166 valence electrons. The normalized spacial score (nSPS) is 11.4. The molecule has 0 saturated heterocycles. The lowest BCUT2D eigenvalue weighted by Crippen LogP contribution is -2.14. The van der Waals surface area contributed by atoms with Crippen molar-refractivity contribution in [1.29, 1.82) is 0 Å². The topological polar surface area (TPSA) is 76.6 Å². The van der Waals surface area contributed by atoms with E-state index in [4.69, 9.17) is 16.7 Å². The number of nitrogens with zero attached hydrogens (tertiary/aromatic N) is 5. The minimum Gasteiger partial charge on any atom is -0.324 e. The number of anilines is 1. The maximum Gasteiger partial charge on any atom is 0.234 e. The number of hydrogen-bond acceptors (Lipinski definition) is 5. The first-order valence-corrected chi connectivity index (χ1v) is 11.7. The lowest BCUT2D eigenvalue weighted by atomic mass is 10.0. The Balaban J connectivity index is 1.39. The molecule has 0 fully saturated rings. The van der Waals surface area contributed by atoms with Gasteiger partial charge in [-0.2, -0.15) is 5.10 Å². The Bertz CT molecular complexity index is 1520. The number of aryl methyl sites for hydroxylation is 3. The molecule has 7 nitrogen and oxygen atoms in total. The molecule has 3 heterocycles. The lowest BCUT2D eigenvalue weighted by molar-refractivity contribution is -0.113. The van der Waals surface area contributed by atoms with E-state index < -0.39 is 0 Å². The van der Waals surface area contributed by atoms with Crippen LogP contribution in [0.5, 0.6) is 0 Å². The summed E-state index contributed by atoms with van der Waals surface area (Å²) < 4.78 is 3.68. The van der Waals surface area contributed by atoms with Crippen LogP contribution < -0.4 is 5.32 Å². The third kappa shape index (κ3) is 4.19. The van der Waals surface area contributed by atoms with Gasteiger partial charge in [-0.05, 0) is 56.2 Å². The van der Waals surface area contributed by atoms with Gasteiger partial charge in [0, 0.05) is 18.0 Å². The van der Waals surface area contributed by atoms with Crippen molar-refractivity contribution in [3.05, 3.63) is 76.6 Å². The van der Waals surface area contributed by atoms with Crippen LogP contribution in [0.3, 0.4) is 0 Å². The number of benzene rings is 2. The minimum atomic E-state index is -0.162. The molecule has 33 heavy (non-hydrogen) atoms. The summed E-state index contributed by atoms with van der Waals surface area (Å²) in [5.74, 6) is 0.0218. The summed E-state index contributed by atoms with van der Waals surface area (Å²) in [4.78, 5) is 12.5. The highest BCUT2D eigenvalue weighted by molar-refractivity contribution is 7.99. The van der Waals surface area contributed by atoms with Gasteiger partial charge in [-0.1, -0.05) is 47.1 Å². The summed E-state index contributed by atoms with van der Waals surface area (Å²) >= 11 is 7.53. The first-order chi connectivity index (χ1) is 15.9. The van der Waals surface area contributed by atoms with Crippen LogP contribution >= 0.6 is 23.4 Å². The van der Waals surface area contributed by atoms with Crippen LogP contribution in [0.4, 0.5) is 5.69 Å². The fraction of sp³-hybridized carbons (Fsp3) is 0.167. The van der Waals surface area contributed by atoms with Crippen LogP contribution in [0, 0.1) is 20.8 Å². The lowest BCUT2D eigenvalue weighted by Gasteiger charge is -2.07. The fourth-order valence-electron chi connectivity index (χ4n) is 3.67. The third-order valence-electron chi connectivity index (χ3n) is 5.39. The van der Waals surface area contributed by atoms with E-state index in [0.29, 0.717) is 21.5 Å². The zero-order valence-electron chi connectivity index (χ0n) is 18.3. The molecule has 0 aliphatic carbocycles. The molecular weight excluding hydrogens is 456 g/mol. The molecule has 1 N–H and O–H groups in total. The van der Waals surface area contributed by atoms with Gasteiger partial charge in [-0.15, -0.1) is 10.2 Å². The Morgan fingerprint density at radius 3 is 2.64 bits per heavy atom. The highest BCUT2D eigenvalue weighted by Gasteiger charge is 2.15. The van der Waals surface area contributed by atoms with Gasteiger partial charge in [0.2, 0.25) is 5.91 Å². The number of hydrogen-bond donors (Lipinski definition) is 1. The van der Waals surface area contributed by atoms with Crippen molar-refractivity contribution in [2.24, 2.45) is 0 Å². The molecule has 0 saturated carbocycles. The van der Waals surface area contributed by atoms with Crippen LogP contribution in [0.15, 0.2) is 60.0 Å². The largest absolute Gasteiger partial charge is 0.324 e. The van der Waals surface area contributed by atoms with E-state index in [0.717, 1.165) is 27.9 Å². The number of thioether (sulfide) groups is 1. The van der Waals surface area contributed by atoms with Gasteiger partial charge in [0.05, 0.1) is 22.2 Å². The number of fused-ring (bicyclic) bond motifs is 3. The number of nitrogens with one attached hydrogen (secondary N) is 1. The van der Waals surface area contributed by atoms with Crippen molar-refractivity contribution >= 4 is 46.1 Å². The van der Waals surface area contributed by atoms with Crippen LogP contribution in [0.2, 0.25) is 5.02 Å². The van der Waals surface area contributed by atoms with Gasteiger partial charge in [-0.25, -0.2) is 4.52 Å². The van der Waals surface area contributed by atoms with Crippen molar-refractivity contribution in [3.8, 4) is 11.3 Å². The Morgan fingerprint density at radius 2 is 1.82 bits per heavy atom. The zero-order valence-corrected chi connectivity index (χ0v) is 19.9. The SMILES string of the molecule is Cc1ccc(NC(=O)CSc2nnc3c4cc(-c5cc(C)ccc5C)nn4ccn23)c(Cl)c1. The monoisotopic (exact) mass is 476 g/mol. The summed E-state index contributed by atoms with van der Waals surface area (Å²) in [5, 5.41) is 17.4. The summed E-state index contributed by atoms with van der Waals surface area (Å²) in [6, 6.07) is 13.9. The second-order valence-corrected chi connectivity index (χ2v) is 9.32. The maximum absolute atomic E-state index is 12.5. The van der Waals surface area contributed by atoms with E-state index in [1.54, 1.807) is 6.07 Å². The van der Waals surface area contributed by atoms with E-state index in [9.17, 15) is 4.79 Å². The molecule has 5 rings (SSSR count). The van der Waals surface area contributed by atoms with E-state index in [2.05, 4.69) is 47.6 Å². The highest BCUT2D eigenvalue weighted by Crippen LogP contribution is 2.27. The van der Waals surface area contributed by atoms with E-state index in [-0.39, 0.29) is 11.7 Å². The second kappa shape index (κ2) is 8.53. The molecule has 0 spiro atoms. The Hall–Kier alpha value is -3.36. The molecular formula is C24H21ClN6OS. The Labute approximate surface area is 199 Å². The first kappa shape index (κ1) is 21.5. The average molecular weight is 477 g/mol. The summed E-state index contributed by atoms with van der Waals surface area (Å²) in [5.41, 5.74) is 7.50. The molecule has 2 aromatic carbocycles. The van der Waals surface area contributed by atoms with Gasteiger partial charge in [0.15, 0.2) is 10.8 Å². The van der Waals surface area contributed by atoms with Crippen molar-refractivity contribution in [2.75, 3.05) is 11.1 Å². The Morgan fingerprint density at radius 1 is 1.03 bits per heavy atom. The van der Waals surface area contributed by atoms with Crippen molar-refractivity contribution < 1.29 is 4.79 Å². The van der Waals surface area contributed by atoms with Crippen LogP contribution in [-0.4, -0.2) is 35.9 Å². The maximum atomic E-state index is 12.5. The third-order valence-corrected chi connectivity index (χ3v) is 6.64. The van der Waals surface area contributed by atoms with Crippen molar-refractivity contribution in [1.82, 2.24) is 24.2 Å². The summed E-state index contributed by atoms with van der Waals surface area (Å²) in [6.45, 7) is 6.10. The van der Waals surface area contributed by atoms with Gasteiger partial charge in [-0.3, -0.25) is 9.20 Å². The van der Waals surface area contributed by atoms with E-state index >= 15 is 0 Å². The number of halogens is 1. The standard InChI is InChI=1S/C24H21ClN6OS/c1-14-4-6-16(3)17(10-14)20-12-21-23-27-28-24(30(23)8-9-31(21)29-20)33-13-22(32)26-19-7-5-15(2)11-18(19)25/h4-12H,13H2,1-3H3,(H,26,32). The fourth-order valence-corrected chi connectivity index (χ4v) is 4.67. The van der Waals surface area contributed by atoms with Gasteiger partial charge in [0.25, 0.3) is 0 Å². The molecule has 9 heteroatoms. The molecule has 0 radical (unpaired) electrons.